The van der Waals surface area contributed by atoms with Crippen LogP contribution in [0.1, 0.15) is 79.6 Å². The van der Waals surface area contributed by atoms with Crippen molar-refractivity contribution in [3.63, 3.8) is 0 Å². The quantitative estimate of drug-likeness (QED) is 0.466. The van der Waals surface area contributed by atoms with Crippen LogP contribution in [0.15, 0.2) is 23.8 Å². The Balaban J connectivity index is 1.29. The number of rotatable bonds is 3. The summed E-state index contributed by atoms with van der Waals surface area (Å²) in [5, 5.41) is 12.5. The number of carbonyl (C=O) groups excluding carboxylic acids is 1. The van der Waals surface area contributed by atoms with Crippen molar-refractivity contribution in [1.82, 2.24) is 0 Å². The molecule has 0 radical (unpaired) electrons. The van der Waals surface area contributed by atoms with Gasteiger partial charge in [0.15, 0.2) is 12.1 Å². The van der Waals surface area contributed by atoms with E-state index in [1.807, 2.05) is 12.2 Å². The molecule has 5 heteroatoms. The van der Waals surface area contributed by atoms with Crippen molar-refractivity contribution in [3.05, 3.63) is 23.8 Å². The highest BCUT2D eigenvalue weighted by Crippen LogP contribution is 2.68. The van der Waals surface area contributed by atoms with E-state index in [-0.39, 0.29) is 34.2 Å². The smallest absolute Gasteiger partial charge is 0.189 e. The van der Waals surface area contributed by atoms with Crippen LogP contribution in [0.5, 0.6) is 0 Å². The van der Waals surface area contributed by atoms with Gasteiger partial charge < -0.3 is 19.3 Å². The number of aliphatic hydroxyl groups is 1. The molecule has 0 unspecified atom stereocenters. The Bertz CT molecular complexity index is 972. The zero-order valence-electron chi connectivity index (χ0n) is 21.7. The number of hydrogen-bond donors (Lipinski definition) is 1. The van der Waals surface area contributed by atoms with Gasteiger partial charge in [0.25, 0.3) is 0 Å². The number of ketones is 1. The maximum Gasteiger partial charge on any atom is 0.189 e. The van der Waals surface area contributed by atoms with E-state index in [0.29, 0.717) is 17.8 Å². The third kappa shape index (κ3) is 2.63. The molecule has 0 aromatic rings. The van der Waals surface area contributed by atoms with E-state index in [2.05, 4.69) is 40.7 Å². The van der Waals surface area contributed by atoms with E-state index < -0.39 is 17.5 Å². The Morgan fingerprint density at radius 3 is 2.62 bits per heavy atom. The molecular weight excluding hydrogens is 428 g/mol. The summed E-state index contributed by atoms with van der Waals surface area (Å²) in [7, 11) is 1.68. The zero-order valence-corrected chi connectivity index (χ0v) is 21.7. The molecule has 0 spiro atoms. The van der Waals surface area contributed by atoms with Gasteiger partial charge >= 0.3 is 0 Å². The first-order chi connectivity index (χ1) is 15.9. The van der Waals surface area contributed by atoms with E-state index in [1.165, 1.54) is 5.57 Å². The van der Waals surface area contributed by atoms with Gasteiger partial charge in [-0.1, -0.05) is 31.6 Å². The summed E-state index contributed by atoms with van der Waals surface area (Å²) < 4.78 is 18.3. The van der Waals surface area contributed by atoms with Crippen molar-refractivity contribution in [2.75, 3.05) is 7.11 Å². The SMILES string of the molecule is CO[C@H]1O[C@@H]([C@@H](C)[C@@]2(O)CC[C@H]3[C@@H]4CC=C5CC=CC(=O)[C@]5(C)[C@H]4CC[C@@]32C)C[C@]2(C)O[C@]12C. The van der Waals surface area contributed by atoms with Gasteiger partial charge in [-0.25, -0.2) is 0 Å². The number of hydrogen-bond acceptors (Lipinski definition) is 5. The summed E-state index contributed by atoms with van der Waals surface area (Å²) in [5.41, 5.74) is -0.665. The lowest BCUT2D eigenvalue weighted by molar-refractivity contribution is -0.240. The minimum Gasteiger partial charge on any atom is -0.389 e. The lowest BCUT2D eigenvalue weighted by Gasteiger charge is -2.59. The average Bonchev–Trinajstić information content (AvgIpc) is 3.27. The third-order valence-corrected chi connectivity index (χ3v) is 12.1. The predicted molar refractivity (Wildman–Crippen MR) is 129 cm³/mol. The van der Waals surface area contributed by atoms with Crippen molar-refractivity contribution in [2.45, 2.75) is 109 Å². The van der Waals surface area contributed by atoms with E-state index >= 15 is 0 Å². The van der Waals surface area contributed by atoms with Crippen molar-refractivity contribution < 1.29 is 24.1 Å². The summed E-state index contributed by atoms with van der Waals surface area (Å²) in [6.45, 7) is 10.9. The highest BCUT2D eigenvalue weighted by Gasteiger charge is 2.74. The molecule has 2 aliphatic heterocycles. The normalized spacial score (nSPS) is 56.6. The van der Waals surface area contributed by atoms with Crippen molar-refractivity contribution in [3.8, 4) is 0 Å². The van der Waals surface area contributed by atoms with Crippen LogP contribution >= 0.6 is 0 Å². The van der Waals surface area contributed by atoms with E-state index in [9.17, 15) is 9.90 Å². The summed E-state index contributed by atoms with van der Waals surface area (Å²) >= 11 is 0. The van der Waals surface area contributed by atoms with Gasteiger partial charge in [0.1, 0.15) is 11.2 Å². The second-order valence-corrected chi connectivity index (χ2v) is 13.1. The first-order valence-corrected chi connectivity index (χ1v) is 13.5. The Hall–Kier alpha value is -1.01. The first-order valence-electron chi connectivity index (χ1n) is 13.5. The minimum absolute atomic E-state index is 0.0215. The molecule has 0 amide bonds. The molecule has 4 fully saturated rings. The lowest BCUT2D eigenvalue weighted by Crippen LogP contribution is -2.60. The molecule has 1 N–H and O–H groups in total. The molecule has 2 saturated heterocycles. The van der Waals surface area contributed by atoms with Gasteiger partial charge in [0, 0.05) is 19.4 Å². The molecule has 6 rings (SSSR count). The van der Waals surface area contributed by atoms with Crippen molar-refractivity contribution in [2.24, 2.45) is 34.5 Å². The maximum absolute atomic E-state index is 13.2. The largest absolute Gasteiger partial charge is 0.389 e. The van der Waals surface area contributed by atoms with Gasteiger partial charge in [-0.3, -0.25) is 4.79 Å². The molecule has 2 saturated carbocycles. The van der Waals surface area contributed by atoms with Crippen LogP contribution in [0.2, 0.25) is 0 Å². The number of epoxide rings is 1. The number of fused-ring (bicyclic) bond motifs is 6. The van der Waals surface area contributed by atoms with Gasteiger partial charge in [-0.2, -0.15) is 0 Å². The van der Waals surface area contributed by atoms with E-state index in [4.69, 9.17) is 14.2 Å². The lowest BCUT2D eigenvalue weighted by atomic mass is 9.46. The van der Waals surface area contributed by atoms with E-state index in [1.54, 1.807) is 7.11 Å². The van der Waals surface area contributed by atoms with Gasteiger partial charge in [-0.15, -0.1) is 0 Å². The van der Waals surface area contributed by atoms with Crippen LogP contribution in [-0.4, -0.2) is 47.2 Å². The van der Waals surface area contributed by atoms with Crippen LogP contribution in [0.25, 0.3) is 0 Å². The highest BCUT2D eigenvalue weighted by atomic mass is 16.7. The Kier molecular flexibility index (Phi) is 4.85. The van der Waals surface area contributed by atoms with Crippen LogP contribution in [0.3, 0.4) is 0 Å². The summed E-state index contributed by atoms with van der Waals surface area (Å²) in [6.07, 6.45) is 12.2. The van der Waals surface area contributed by atoms with Gasteiger partial charge in [0.05, 0.1) is 17.1 Å². The highest BCUT2D eigenvalue weighted by molar-refractivity contribution is 5.98. The van der Waals surface area contributed by atoms with E-state index in [0.717, 1.165) is 44.9 Å². The maximum atomic E-state index is 13.2. The van der Waals surface area contributed by atoms with Crippen molar-refractivity contribution in [1.29, 1.82) is 0 Å². The molecule has 0 bridgehead atoms. The first kappa shape index (κ1) is 23.4. The number of methoxy groups -OCH3 is 1. The van der Waals surface area contributed by atoms with Crippen molar-refractivity contribution >= 4 is 5.78 Å². The molecule has 34 heavy (non-hydrogen) atoms. The molecule has 4 aliphatic carbocycles. The average molecular weight is 471 g/mol. The van der Waals surface area contributed by atoms with Crippen LogP contribution in [-0.2, 0) is 19.0 Å². The molecule has 5 nitrogen and oxygen atoms in total. The second-order valence-electron chi connectivity index (χ2n) is 13.1. The monoisotopic (exact) mass is 470 g/mol. The Morgan fingerprint density at radius 2 is 1.88 bits per heavy atom. The zero-order chi connectivity index (χ0) is 24.3. The molecular formula is C29H42O5. The fourth-order valence-electron chi connectivity index (χ4n) is 9.55. The number of ether oxygens (including phenoxy) is 3. The molecule has 0 aromatic heterocycles. The number of carbonyl (C=O) groups is 1. The summed E-state index contributed by atoms with van der Waals surface area (Å²) in [4.78, 5) is 13.2. The standard InChI is InChI=1S/C29H42O5/c1-17(22-16-26(3)28(5,34-26)24(32-6)33-22)29(31)15-13-20-19-11-10-18-8-7-9-23(30)27(18,4)21(19)12-14-25(20,29)2/h7,9-10,17,19-22,24,31H,8,11-16H2,1-6H3/t17-,19+,20+,21+,22-,24+,25+,26+,27+,28-,29+/m1/s1. The predicted octanol–water partition coefficient (Wildman–Crippen LogP) is 4.97. The minimum atomic E-state index is -0.800. The third-order valence-electron chi connectivity index (χ3n) is 12.1. The fraction of sp³-hybridized carbons (Fsp3) is 0.828. The molecule has 0 aromatic carbocycles. The van der Waals surface area contributed by atoms with Gasteiger partial charge in [0.2, 0.25) is 0 Å². The topological polar surface area (TPSA) is 68.3 Å². The van der Waals surface area contributed by atoms with Crippen LogP contribution in [0, 0.1) is 34.5 Å². The number of allylic oxidation sites excluding steroid dienone is 4. The van der Waals surface area contributed by atoms with Gasteiger partial charge in [-0.05, 0) is 88.5 Å². The summed E-state index contributed by atoms with van der Waals surface area (Å²) in [5.74, 6) is 1.52. The Labute approximate surface area is 204 Å². The summed E-state index contributed by atoms with van der Waals surface area (Å²) in [6, 6.07) is 0. The molecule has 6 aliphatic rings. The van der Waals surface area contributed by atoms with Crippen LogP contribution in [0.4, 0.5) is 0 Å². The fourth-order valence-corrected chi connectivity index (χ4v) is 9.55. The second kappa shape index (κ2) is 7.06. The molecule has 188 valence electrons. The molecule has 2 heterocycles. The Morgan fingerprint density at radius 1 is 1.15 bits per heavy atom. The van der Waals surface area contributed by atoms with Crippen LogP contribution < -0.4 is 0 Å². The molecule has 11 atom stereocenters.